The second-order valence-electron chi connectivity index (χ2n) is 9.00. The number of rotatable bonds is 12. The molecule has 3 aromatic rings. The standard InChI is InChI=1S/C25H30Cl2IN3O4/c1-16(11-26)14-35-23-9-6-18(10-21(23)27)25(2,3)17-4-7-20(8-5-17)34-15-19(33)12-31-24(28)22(13-32)29-30-31/h4-10,16,19,32-33H,11-15H2,1-3H3/t16-,19-/m1/s1/i28-4. The smallest absolute Gasteiger partial charge is 0.137 e. The Morgan fingerprint density at radius 2 is 1.77 bits per heavy atom. The number of aliphatic hydroxyl groups excluding tert-OH is 2. The van der Waals surface area contributed by atoms with Crippen LogP contribution in [-0.4, -0.2) is 50.4 Å². The Kier molecular flexibility index (Phi) is 10.1. The molecule has 10 heteroatoms. The van der Waals surface area contributed by atoms with Gasteiger partial charge in [-0.2, -0.15) is 0 Å². The number of aliphatic hydroxyl groups is 2. The van der Waals surface area contributed by atoms with E-state index in [4.69, 9.17) is 32.7 Å². The second kappa shape index (κ2) is 12.6. The maximum atomic E-state index is 10.3. The van der Waals surface area contributed by atoms with Gasteiger partial charge in [0.2, 0.25) is 0 Å². The van der Waals surface area contributed by atoms with E-state index in [1.165, 1.54) is 0 Å². The van der Waals surface area contributed by atoms with Crippen molar-refractivity contribution in [1.29, 1.82) is 0 Å². The van der Waals surface area contributed by atoms with Gasteiger partial charge in [0, 0.05) is 17.2 Å². The van der Waals surface area contributed by atoms with Gasteiger partial charge in [-0.3, -0.25) is 0 Å². The number of benzene rings is 2. The van der Waals surface area contributed by atoms with Crippen LogP contribution >= 0.6 is 45.8 Å². The molecule has 0 aliphatic heterocycles. The minimum Gasteiger partial charge on any atom is -0.492 e. The summed E-state index contributed by atoms with van der Waals surface area (Å²) in [6.45, 7) is 6.95. The fraction of sp³-hybridized carbons (Fsp3) is 0.440. The van der Waals surface area contributed by atoms with E-state index in [2.05, 4.69) is 24.2 Å². The third-order valence-electron chi connectivity index (χ3n) is 5.73. The quantitative estimate of drug-likeness (QED) is 0.215. The van der Waals surface area contributed by atoms with E-state index in [1.54, 1.807) is 4.68 Å². The molecule has 190 valence electrons. The van der Waals surface area contributed by atoms with E-state index in [0.29, 0.717) is 38.4 Å². The number of nitrogens with zero attached hydrogens (tertiary/aromatic N) is 3. The summed E-state index contributed by atoms with van der Waals surface area (Å²) in [4.78, 5) is 0. The fourth-order valence-corrected chi connectivity index (χ4v) is 4.31. The molecule has 1 aromatic heterocycles. The molecule has 2 aromatic carbocycles. The van der Waals surface area contributed by atoms with Crippen molar-refractivity contribution in [2.75, 3.05) is 19.1 Å². The molecule has 1 heterocycles. The Balaban J connectivity index is 1.60. The average Bonchev–Trinajstić information content (AvgIpc) is 3.20. The monoisotopic (exact) mass is 629 g/mol. The fourth-order valence-electron chi connectivity index (χ4n) is 3.41. The lowest BCUT2D eigenvalue weighted by Crippen LogP contribution is -2.25. The first-order valence-corrected chi connectivity index (χ1v) is 13.2. The molecule has 35 heavy (non-hydrogen) atoms. The van der Waals surface area contributed by atoms with Gasteiger partial charge in [-0.05, 0) is 58.0 Å². The highest BCUT2D eigenvalue weighted by Gasteiger charge is 2.24. The van der Waals surface area contributed by atoms with Crippen molar-refractivity contribution >= 4 is 45.8 Å². The van der Waals surface area contributed by atoms with Crippen molar-refractivity contribution in [2.45, 2.75) is 45.4 Å². The van der Waals surface area contributed by atoms with Gasteiger partial charge in [0.1, 0.15) is 33.6 Å². The van der Waals surface area contributed by atoms with E-state index in [1.807, 2.05) is 72.0 Å². The predicted molar refractivity (Wildman–Crippen MR) is 146 cm³/mol. The summed E-state index contributed by atoms with van der Waals surface area (Å²) in [5, 5.41) is 27.9. The van der Waals surface area contributed by atoms with Gasteiger partial charge in [-0.1, -0.05) is 55.8 Å². The van der Waals surface area contributed by atoms with Crippen LogP contribution in [0.1, 0.15) is 37.6 Å². The van der Waals surface area contributed by atoms with Crippen LogP contribution in [0.3, 0.4) is 0 Å². The second-order valence-corrected chi connectivity index (χ2v) is 10.7. The maximum Gasteiger partial charge on any atom is 0.137 e. The Morgan fingerprint density at radius 1 is 1.09 bits per heavy atom. The van der Waals surface area contributed by atoms with Crippen LogP contribution in [-0.2, 0) is 18.6 Å². The molecule has 0 aliphatic carbocycles. The molecule has 2 atom stereocenters. The van der Waals surface area contributed by atoms with Crippen molar-refractivity contribution in [3.63, 3.8) is 0 Å². The first-order valence-electron chi connectivity index (χ1n) is 11.2. The summed E-state index contributed by atoms with van der Waals surface area (Å²) in [7, 11) is 0. The molecular weight excluding hydrogens is 600 g/mol. The lowest BCUT2D eigenvalue weighted by Gasteiger charge is -2.27. The van der Waals surface area contributed by atoms with Crippen LogP contribution < -0.4 is 9.47 Å². The van der Waals surface area contributed by atoms with Gasteiger partial charge in [0.15, 0.2) is 0 Å². The minimum atomic E-state index is -0.775. The van der Waals surface area contributed by atoms with E-state index < -0.39 is 6.10 Å². The normalized spacial score (nSPS) is 13.5. The molecule has 0 bridgehead atoms. The summed E-state index contributed by atoms with van der Waals surface area (Å²) >= 11 is 14.4. The highest BCUT2D eigenvalue weighted by Crippen LogP contribution is 2.36. The van der Waals surface area contributed by atoms with Gasteiger partial charge in [0.25, 0.3) is 0 Å². The number of ether oxygens (including phenoxy) is 2. The third kappa shape index (κ3) is 7.22. The van der Waals surface area contributed by atoms with Crippen LogP contribution in [0.25, 0.3) is 0 Å². The van der Waals surface area contributed by atoms with Gasteiger partial charge >= 0.3 is 0 Å². The zero-order valence-electron chi connectivity index (χ0n) is 19.9. The minimum absolute atomic E-state index is 0.104. The SMILES string of the molecule is C[C@H](CCl)COc1ccc(C(C)(C)c2ccc(OC[C@H](O)Cn3nnc(CO)c3[123I])cc2)cc1Cl. The van der Waals surface area contributed by atoms with Gasteiger partial charge in [-0.15, -0.1) is 16.7 Å². The van der Waals surface area contributed by atoms with Crippen molar-refractivity contribution in [3.8, 4) is 11.5 Å². The van der Waals surface area contributed by atoms with Crippen molar-refractivity contribution in [1.82, 2.24) is 15.0 Å². The molecule has 3 rings (SSSR count). The summed E-state index contributed by atoms with van der Waals surface area (Å²) < 4.78 is 13.8. The molecule has 0 saturated carbocycles. The lowest BCUT2D eigenvalue weighted by molar-refractivity contribution is 0.0881. The first kappa shape index (κ1) is 28.0. The number of hydrogen-bond donors (Lipinski definition) is 2. The van der Waals surface area contributed by atoms with Crippen LogP contribution in [0.2, 0.25) is 5.02 Å². The third-order valence-corrected chi connectivity index (χ3v) is 7.73. The Labute approximate surface area is 229 Å². The van der Waals surface area contributed by atoms with Gasteiger partial charge in [-0.25, -0.2) is 4.68 Å². The van der Waals surface area contributed by atoms with Crippen molar-refractivity contribution in [3.05, 3.63) is 68.0 Å². The number of hydrogen-bond acceptors (Lipinski definition) is 6. The first-order chi connectivity index (χ1) is 16.6. The predicted octanol–water partition coefficient (Wildman–Crippen LogP) is 5.05. The van der Waals surface area contributed by atoms with E-state index in [9.17, 15) is 10.2 Å². The number of halogens is 3. The highest BCUT2D eigenvalue weighted by molar-refractivity contribution is 14.1. The summed E-state index contributed by atoms with van der Waals surface area (Å²) in [6, 6.07) is 13.7. The van der Waals surface area contributed by atoms with Gasteiger partial charge in [0.05, 0.1) is 24.8 Å². The largest absolute Gasteiger partial charge is 0.492 e. The summed E-state index contributed by atoms with van der Waals surface area (Å²) in [5.74, 6) is 2.09. The van der Waals surface area contributed by atoms with E-state index in [-0.39, 0.29) is 31.1 Å². The molecule has 0 fully saturated rings. The highest BCUT2D eigenvalue weighted by atomic mass is 123. The molecule has 2 N–H and O–H groups in total. The number of aromatic nitrogens is 3. The topological polar surface area (TPSA) is 89.6 Å². The molecule has 0 radical (unpaired) electrons. The van der Waals surface area contributed by atoms with E-state index in [0.717, 1.165) is 11.1 Å². The van der Waals surface area contributed by atoms with Crippen LogP contribution in [0.15, 0.2) is 42.5 Å². The van der Waals surface area contributed by atoms with Crippen LogP contribution in [0.4, 0.5) is 0 Å². The average molecular weight is 630 g/mol. The molecule has 0 amide bonds. The molecule has 0 spiro atoms. The zero-order chi connectivity index (χ0) is 25.6. The molecule has 7 nitrogen and oxygen atoms in total. The Hall–Kier alpha value is -1.59. The van der Waals surface area contributed by atoms with Crippen molar-refractivity contribution < 1.29 is 19.7 Å². The Bertz CT molecular complexity index is 1110. The lowest BCUT2D eigenvalue weighted by atomic mass is 9.78. The molecular formula is C25H30Cl2IN3O4. The zero-order valence-corrected chi connectivity index (χ0v) is 23.6. The van der Waals surface area contributed by atoms with E-state index >= 15 is 0 Å². The molecule has 0 saturated heterocycles. The summed E-state index contributed by atoms with van der Waals surface area (Å²) in [6.07, 6.45) is -0.775. The van der Waals surface area contributed by atoms with Gasteiger partial charge < -0.3 is 19.7 Å². The maximum absolute atomic E-state index is 10.3. The summed E-state index contributed by atoms with van der Waals surface area (Å²) in [5.41, 5.74) is 2.35. The molecule has 0 aliphatic rings. The van der Waals surface area contributed by atoms with Crippen LogP contribution in [0.5, 0.6) is 11.5 Å². The molecule has 0 unspecified atom stereocenters. The Morgan fingerprint density at radius 3 is 2.37 bits per heavy atom. The number of alkyl halides is 1. The van der Waals surface area contributed by atoms with Crippen LogP contribution in [0, 0.1) is 9.62 Å². The van der Waals surface area contributed by atoms with Crippen molar-refractivity contribution in [2.24, 2.45) is 5.92 Å².